The van der Waals surface area contributed by atoms with Crippen molar-refractivity contribution in [2.24, 2.45) is 5.92 Å². The van der Waals surface area contributed by atoms with Gasteiger partial charge in [-0.25, -0.2) is 4.79 Å². The van der Waals surface area contributed by atoms with Gasteiger partial charge in [-0.05, 0) is 29.9 Å². The SMILES string of the molecule is CNc1ccc(C(=O)OC)cc1N1CC(CS)CC1=O. The number of hydrogen-bond donors (Lipinski definition) is 2. The first-order valence-electron chi connectivity index (χ1n) is 6.42. The smallest absolute Gasteiger partial charge is 0.337 e. The fraction of sp³-hybridized carbons (Fsp3) is 0.429. The van der Waals surface area contributed by atoms with Gasteiger partial charge in [-0.3, -0.25) is 4.79 Å². The van der Waals surface area contributed by atoms with Crippen molar-refractivity contribution in [3.05, 3.63) is 23.8 Å². The molecule has 6 heteroatoms. The van der Waals surface area contributed by atoms with Crippen molar-refractivity contribution < 1.29 is 14.3 Å². The van der Waals surface area contributed by atoms with Gasteiger partial charge in [-0.15, -0.1) is 0 Å². The summed E-state index contributed by atoms with van der Waals surface area (Å²) in [5.74, 6) is 0.569. The first kappa shape index (κ1) is 14.7. The number of carbonyl (C=O) groups is 2. The molecule has 1 aromatic rings. The zero-order valence-electron chi connectivity index (χ0n) is 11.5. The highest BCUT2D eigenvalue weighted by atomic mass is 32.1. The number of rotatable bonds is 4. The Balaban J connectivity index is 2.38. The number of methoxy groups -OCH3 is 1. The summed E-state index contributed by atoms with van der Waals surface area (Å²) in [7, 11) is 3.12. The Morgan fingerprint density at radius 2 is 2.30 bits per heavy atom. The maximum atomic E-state index is 12.1. The lowest BCUT2D eigenvalue weighted by atomic mass is 10.1. The number of hydrogen-bond acceptors (Lipinski definition) is 5. The molecular formula is C14H18N2O3S. The number of carbonyl (C=O) groups excluding carboxylic acids is 2. The molecule has 0 spiro atoms. The van der Waals surface area contributed by atoms with Crippen molar-refractivity contribution in [3.8, 4) is 0 Å². The molecule has 1 saturated heterocycles. The lowest BCUT2D eigenvalue weighted by Crippen LogP contribution is -2.26. The third kappa shape index (κ3) is 2.75. The van der Waals surface area contributed by atoms with Crippen LogP contribution >= 0.6 is 12.6 Å². The monoisotopic (exact) mass is 294 g/mol. The molecule has 2 rings (SSSR count). The van der Waals surface area contributed by atoms with Crippen LogP contribution in [0.25, 0.3) is 0 Å². The lowest BCUT2D eigenvalue weighted by molar-refractivity contribution is -0.117. The fourth-order valence-electron chi connectivity index (χ4n) is 2.35. The summed E-state index contributed by atoms with van der Waals surface area (Å²) < 4.78 is 4.72. The number of benzene rings is 1. The number of amides is 1. The van der Waals surface area contributed by atoms with E-state index in [2.05, 4.69) is 17.9 Å². The topological polar surface area (TPSA) is 58.6 Å². The second kappa shape index (κ2) is 6.17. The van der Waals surface area contributed by atoms with Crippen molar-refractivity contribution >= 4 is 35.9 Å². The van der Waals surface area contributed by atoms with E-state index in [1.165, 1.54) is 7.11 Å². The summed E-state index contributed by atoms with van der Waals surface area (Å²) in [6, 6.07) is 5.15. The van der Waals surface area contributed by atoms with E-state index in [-0.39, 0.29) is 11.8 Å². The molecule has 0 aliphatic carbocycles. The average Bonchev–Trinajstić information content (AvgIpc) is 2.86. The number of esters is 1. The summed E-state index contributed by atoms with van der Waals surface area (Å²) in [6.07, 6.45) is 0.495. The van der Waals surface area contributed by atoms with E-state index in [1.54, 1.807) is 30.1 Å². The Bertz CT molecular complexity index is 533. The Labute approximate surface area is 123 Å². The minimum absolute atomic E-state index is 0.0579. The van der Waals surface area contributed by atoms with Gasteiger partial charge in [0, 0.05) is 20.0 Å². The molecule has 0 aromatic heterocycles. The second-order valence-electron chi connectivity index (χ2n) is 4.73. The zero-order chi connectivity index (χ0) is 14.7. The Kier molecular flexibility index (Phi) is 4.54. The number of nitrogens with zero attached hydrogens (tertiary/aromatic N) is 1. The molecule has 1 aromatic carbocycles. The van der Waals surface area contributed by atoms with Gasteiger partial charge in [0.25, 0.3) is 0 Å². The van der Waals surface area contributed by atoms with E-state index in [1.807, 2.05) is 0 Å². The van der Waals surface area contributed by atoms with Crippen LogP contribution in [0.5, 0.6) is 0 Å². The second-order valence-corrected chi connectivity index (χ2v) is 5.10. The summed E-state index contributed by atoms with van der Waals surface area (Å²) in [5.41, 5.74) is 1.96. The quantitative estimate of drug-likeness (QED) is 0.657. The van der Waals surface area contributed by atoms with Crippen LogP contribution in [0, 0.1) is 5.92 Å². The van der Waals surface area contributed by atoms with E-state index >= 15 is 0 Å². The minimum atomic E-state index is -0.411. The van der Waals surface area contributed by atoms with Gasteiger partial charge in [0.2, 0.25) is 5.91 Å². The summed E-state index contributed by atoms with van der Waals surface area (Å²) in [6.45, 7) is 0.627. The molecule has 1 heterocycles. The molecule has 0 bridgehead atoms. The highest BCUT2D eigenvalue weighted by molar-refractivity contribution is 7.80. The summed E-state index contributed by atoms with van der Waals surface area (Å²) in [5, 5.41) is 3.04. The first-order chi connectivity index (χ1) is 9.60. The molecule has 1 amide bonds. The van der Waals surface area contributed by atoms with E-state index in [4.69, 9.17) is 4.74 Å². The van der Waals surface area contributed by atoms with E-state index in [0.29, 0.717) is 30.0 Å². The molecule has 1 fully saturated rings. The van der Waals surface area contributed by atoms with Crippen molar-refractivity contribution in [1.82, 2.24) is 0 Å². The molecule has 0 saturated carbocycles. The van der Waals surface area contributed by atoms with Crippen molar-refractivity contribution in [2.45, 2.75) is 6.42 Å². The molecule has 1 atom stereocenters. The van der Waals surface area contributed by atoms with Crippen LogP contribution in [0.2, 0.25) is 0 Å². The third-order valence-corrected chi connectivity index (χ3v) is 3.96. The van der Waals surface area contributed by atoms with E-state index in [9.17, 15) is 9.59 Å². The van der Waals surface area contributed by atoms with Gasteiger partial charge in [0.1, 0.15) is 0 Å². The molecule has 20 heavy (non-hydrogen) atoms. The van der Waals surface area contributed by atoms with Gasteiger partial charge < -0.3 is 15.0 Å². The summed E-state index contributed by atoms with van der Waals surface area (Å²) >= 11 is 4.26. The maximum absolute atomic E-state index is 12.1. The number of anilines is 2. The maximum Gasteiger partial charge on any atom is 0.337 e. The normalized spacial score (nSPS) is 18.2. The average molecular weight is 294 g/mol. The molecule has 108 valence electrons. The van der Waals surface area contributed by atoms with Gasteiger partial charge in [-0.2, -0.15) is 12.6 Å². The molecule has 5 nitrogen and oxygen atoms in total. The van der Waals surface area contributed by atoms with Gasteiger partial charge in [0.05, 0.1) is 24.0 Å². The van der Waals surface area contributed by atoms with Crippen molar-refractivity contribution in [2.75, 3.05) is 36.7 Å². The molecule has 1 aliphatic rings. The predicted molar refractivity (Wildman–Crippen MR) is 81.6 cm³/mol. The van der Waals surface area contributed by atoms with Crippen LogP contribution < -0.4 is 10.2 Å². The van der Waals surface area contributed by atoms with Crippen LogP contribution in [0.1, 0.15) is 16.8 Å². The highest BCUT2D eigenvalue weighted by Crippen LogP contribution is 2.32. The van der Waals surface area contributed by atoms with Crippen LogP contribution in [0.3, 0.4) is 0 Å². The first-order valence-corrected chi connectivity index (χ1v) is 7.05. The lowest BCUT2D eigenvalue weighted by Gasteiger charge is -2.21. The molecule has 1 N–H and O–H groups in total. The van der Waals surface area contributed by atoms with E-state index in [0.717, 1.165) is 5.69 Å². The van der Waals surface area contributed by atoms with Crippen LogP contribution in [0.15, 0.2) is 18.2 Å². The number of ether oxygens (including phenoxy) is 1. The van der Waals surface area contributed by atoms with Crippen LogP contribution in [-0.4, -0.2) is 38.3 Å². The van der Waals surface area contributed by atoms with Crippen molar-refractivity contribution in [3.63, 3.8) is 0 Å². The van der Waals surface area contributed by atoms with Crippen LogP contribution in [0.4, 0.5) is 11.4 Å². The highest BCUT2D eigenvalue weighted by Gasteiger charge is 2.31. The molecule has 0 radical (unpaired) electrons. The summed E-state index contributed by atoms with van der Waals surface area (Å²) in [4.78, 5) is 25.4. The standard InChI is InChI=1S/C14H18N2O3S/c1-15-11-4-3-10(14(18)19-2)6-12(11)16-7-9(8-20)5-13(16)17/h3-4,6,9,15,20H,5,7-8H2,1-2H3. The van der Waals surface area contributed by atoms with Gasteiger partial charge in [0.15, 0.2) is 0 Å². The third-order valence-electron chi connectivity index (χ3n) is 3.44. The van der Waals surface area contributed by atoms with E-state index < -0.39 is 5.97 Å². The minimum Gasteiger partial charge on any atom is -0.465 e. The Morgan fingerprint density at radius 1 is 1.55 bits per heavy atom. The van der Waals surface area contributed by atoms with Gasteiger partial charge in [-0.1, -0.05) is 0 Å². The zero-order valence-corrected chi connectivity index (χ0v) is 12.4. The number of nitrogens with one attached hydrogen (secondary N) is 1. The Hall–Kier alpha value is -1.69. The molecule has 1 aliphatic heterocycles. The molecule has 1 unspecified atom stereocenters. The van der Waals surface area contributed by atoms with Gasteiger partial charge >= 0.3 is 5.97 Å². The van der Waals surface area contributed by atoms with Crippen LogP contribution in [-0.2, 0) is 9.53 Å². The largest absolute Gasteiger partial charge is 0.465 e. The Morgan fingerprint density at radius 3 is 2.85 bits per heavy atom. The number of thiol groups is 1. The molecular weight excluding hydrogens is 276 g/mol. The van der Waals surface area contributed by atoms with Crippen molar-refractivity contribution in [1.29, 1.82) is 0 Å². The predicted octanol–water partition coefficient (Wildman–Crippen LogP) is 1.80. The fourth-order valence-corrected chi connectivity index (χ4v) is 2.59.